The summed E-state index contributed by atoms with van der Waals surface area (Å²) in [4.78, 5) is 4.21. The summed E-state index contributed by atoms with van der Waals surface area (Å²) < 4.78 is 1.03. The second kappa shape index (κ2) is 5.09. The molecule has 0 amide bonds. The molecule has 0 bridgehead atoms. The topological polar surface area (TPSA) is 67.6 Å². The maximum Gasteiger partial charge on any atom is 0.153 e. The fraction of sp³-hybridized carbons (Fsp3) is 0.0667. The zero-order valence-electron chi connectivity index (χ0n) is 10.9. The molecule has 20 heavy (non-hydrogen) atoms. The van der Waals surface area contributed by atoms with Crippen molar-refractivity contribution in [2.75, 3.05) is 5.73 Å². The average molecular weight is 329 g/mol. The van der Waals surface area contributed by atoms with Crippen molar-refractivity contribution in [1.82, 2.24) is 15.2 Å². The van der Waals surface area contributed by atoms with Crippen LogP contribution in [0.25, 0.3) is 22.4 Å². The molecule has 0 saturated heterocycles. The molecule has 2 aromatic heterocycles. The minimum absolute atomic E-state index is 0.497. The third kappa shape index (κ3) is 2.32. The van der Waals surface area contributed by atoms with E-state index in [0.717, 1.165) is 32.6 Å². The number of nitrogens with zero attached hydrogens (tertiary/aromatic N) is 2. The third-order valence-corrected chi connectivity index (χ3v) is 3.64. The van der Waals surface area contributed by atoms with Crippen molar-refractivity contribution >= 4 is 21.7 Å². The molecule has 3 rings (SSSR count). The third-order valence-electron chi connectivity index (χ3n) is 3.11. The zero-order valence-corrected chi connectivity index (χ0v) is 12.5. The molecule has 5 heteroatoms. The van der Waals surface area contributed by atoms with Gasteiger partial charge in [0.15, 0.2) is 5.82 Å². The molecule has 2 heterocycles. The lowest BCUT2D eigenvalue weighted by Gasteiger charge is -2.05. The zero-order chi connectivity index (χ0) is 14.1. The first kappa shape index (κ1) is 12.9. The van der Waals surface area contributed by atoms with Crippen LogP contribution in [0.2, 0.25) is 0 Å². The van der Waals surface area contributed by atoms with Gasteiger partial charge in [-0.2, -0.15) is 5.10 Å². The van der Waals surface area contributed by atoms with Gasteiger partial charge in [0.1, 0.15) is 0 Å². The molecule has 1 aromatic carbocycles. The molecule has 0 aliphatic rings. The summed E-state index contributed by atoms with van der Waals surface area (Å²) in [7, 11) is 0. The molecule has 0 unspecified atom stereocenters. The Balaban J connectivity index is 2.17. The lowest BCUT2D eigenvalue weighted by Crippen LogP contribution is -1.89. The van der Waals surface area contributed by atoms with E-state index in [2.05, 4.69) is 31.1 Å². The number of halogens is 1. The van der Waals surface area contributed by atoms with E-state index in [0.29, 0.717) is 5.82 Å². The highest BCUT2D eigenvalue weighted by atomic mass is 79.9. The van der Waals surface area contributed by atoms with Crippen molar-refractivity contribution in [2.24, 2.45) is 0 Å². The summed E-state index contributed by atoms with van der Waals surface area (Å²) in [5.41, 5.74) is 10.9. The first-order valence-corrected chi connectivity index (χ1v) is 6.97. The molecular formula is C15H13BrN4. The molecule has 100 valence electrons. The van der Waals surface area contributed by atoms with E-state index in [9.17, 15) is 0 Å². The van der Waals surface area contributed by atoms with Crippen molar-refractivity contribution in [1.29, 1.82) is 0 Å². The normalized spacial score (nSPS) is 10.7. The van der Waals surface area contributed by atoms with Crippen LogP contribution in [0.15, 0.2) is 47.1 Å². The highest BCUT2D eigenvalue weighted by molar-refractivity contribution is 9.10. The number of pyridine rings is 1. The number of H-pyrrole nitrogens is 1. The number of rotatable bonds is 2. The van der Waals surface area contributed by atoms with Crippen molar-refractivity contribution in [3.63, 3.8) is 0 Å². The van der Waals surface area contributed by atoms with Crippen LogP contribution in [0.5, 0.6) is 0 Å². The Hall–Kier alpha value is -2.14. The van der Waals surface area contributed by atoms with Gasteiger partial charge in [-0.05, 0) is 36.8 Å². The quantitative estimate of drug-likeness (QED) is 0.752. The van der Waals surface area contributed by atoms with Crippen LogP contribution in [-0.4, -0.2) is 15.2 Å². The van der Waals surface area contributed by atoms with Gasteiger partial charge in [-0.15, -0.1) is 0 Å². The van der Waals surface area contributed by atoms with E-state index in [1.165, 1.54) is 0 Å². The monoisotopic (exact) mass is 328 g/mol. The van der Waals surface area contributed by atoms with E-state index >= 15 is 0 Å². The number of benzene rings is 1. The van der Waals surface area contributed by atoms with E-state index < -0.39 is 0 Å². The van der Waals surface area contributed by atoms with Gasteiger partial charge in [0.25, 0.3) is 0 Å². The molecule has 4 nitrogen and oxygen atoms in total. The number of aryl methyl sites for hydroxylation is 1. The summed E-state index contributed by atoms with van der Waals surface area (Å²) in [5, 5.41) is 7.16. The summed E-state index contributed by atoms with van der Waals surface area (Å²) in [6.07, 6.45) is 1.78. The van der Waals surface area contributed by atoms with Gasteiger partial charge in [-0.3, -0.25) is 10.1 Å². The van der Waals surface area contributed by atoms with Gasteiger partial charge in [0.2, 0.25) is 0 Å². The van der Waals surface area contributed by atoms with Crippen molar-refractivity contribution in [3.05, 3.63) is 52.8 Å². The maximum atomic E-state index is 6.02. The van der Waals surface area contributed by atoms with Crippen LogP contribution < -0.4 is 5.73 Å². The first-order chi connectivity index (χ1) is 9.65. The van der Waals surface area contributed by atoms with Gasteiger partial charge >= 0.3 is 0 Å². The average Bonchev–Trinajstić information content (AvgIpc) is 2.82. The summed E-state index contributed by atoms with van der Waals surface area (Å²) >= 11 is 3.44. The standard InChI is InChI=1S/C15H13BrN4/c1-9-8-11(6-7-18-9)14-13(15(17)20-19-14)10-2-4-12(16)5-3-10/h2-8H,1H3,(H3,17,19,20). The largest absolute Gasteiger partial charge is 0.382 e. The Bertz CT molecular complexity index is 747. The highest BCUT2D eigenvalue weighted by Crippen LogP contribution is 2.35. The minimum atomic E-state index is 0.497. The molecule has 3 N–H and O–H groups in total. The van der Waals surface area contributed by atoms with Crippen molar-refractivity contribution < 1.29 is 0 Å². The van der Waals surface area contributed by atoms with Gasteiger partial charge in [-0.1, -0.05) is 28.1 Å². The summed E-state index contributed by atoms with van der Waals surface area (Å²) in [6.45, 7) is 1.96. The number of nitrogens with one attached hydrogen (secondary N) is 1. The Labute approximate surface area is 125 Å². The predicted octanol–water partition coefficient (Wildman–Crippen LogP) is 3.79. The molecule has 0 fully saturated rings. The molecule has 0 atom stereocenters. The van der Waals surface area contributed by atoms with Crippen molar-refractivity contribution in [2.45, 2.75) is 6.92 Å². The Morgan fingerprint density at radius 2 is 1.85 bits per heavy atom. The number of nitrogens with two attached hydrogens (primary N) is 1. The van der Waals surface area contributed by atoms with E-state index in [1.54, 1.807) is 6.20 Å². The van der Waals surface area contributed by atoms with Gasteiger partial charge in [-0.25, -0.2) is 0 Å². The molecule has 0 aliphatic heterocycles. The SMILES string of the molecule is Cc1cc(-c2[nH]nc(N)c2-c2ccc(Br)cc2)ccn1. The lowest BCUT2D eigenvalue weighted by molar-refractivity contribution is 1.10. The Kier molecular flexibility index (Phi) is 3.28. The lowest BCUT2D eigenvalue weighted by atomic mass is 10.0. The predicted molar refractivity (Wildman–Crippen MR) is 84.1 cm³/mol. The van der Waals surface area contributed by atoms with Gasteiger partial charge in [0.05, 0.1) is 11.3 Å². The number of hydrogen-bond donors (Lipinski definition) is 2. The molecule has 0 aliphatic carbocycles. The molecule has 3 aromatic rings. The number of aromatic amines is 1. The maximum absolute atomic E-state index is 6.02. The second-order valence-corrected chi connectivity index (χ2v) is 5.47. The van der Waals surface area contributed by atoms with Crippen LogP contribution in [0.4, 0.5) is 5.82 Å². The number of aromatic nitrogens is 3. The fourth-order valence-corrected chi connectivity index (χ4v) is 2.44. The number of hydrogen-bond acceptors (Lipinski definition) is 3. The number of nitrogen functional groups attached to an aromatic ring is 1. The van der Waals surface area contributed by atoms with Crippen LogP contribution in [0.1, 0.15) is 5.69 Å². The Morgan fingerprint density at radius 1 is 1.10 bits per heavy atom. The van der Waals surface area contributed by atoms with Gasteiger partial charge in [0, 0.05) is 21.9 Å². The molecular weight excluding hydrogens is 316 g/mol. The fourth-order valence-electron chi connectivity index (χ4n) is 2.17. The Morgan fingerprint density at radius 3 is 2.55 bits per heavy atom. The van der Waals surface area contributed by atoms with Crippen LogP contribution in [-0.2, 0) is 0 Å². The van der Waals surface area contributed by atoms with E-state index in [-0.39, 0.29) is 0 Å². The van der Waals surface area contributed by atoms with Gasteiger partial charge < -0.3 is 5.73 Å². The first-order valence-electron chi connectivity index (χ1n) is 6.18. The van der Waals surface area contributed by atoms with Crippen LogP contribution in [0.3, 0.4) is 0 Å². The van der Waals surface area contributed by atoms with Crippen LogP contribution >= 0.6 is 15.9 Å². The smallest absolute Gasteiger partial charge is 0.153 e. The summed E-state index contributed by atoms with van der Waals surface area (Å²) in [5.74, 6) is 0.497. The van der Waals surface area contributed by atoms with E-state index in [4.69, 9.17) is 5.73 Å². The number of anilines is 1. The van der Waals surface area contributed by atoms with E-state index in [1.807, 2.05) is 43.3 Å². The molecule has 0 spiro atoms. The van der Waals surface area contributed by atoms with Crippen molar-refractivity contribution in [3.8, 4) is 22.4 Å². The minimum Gasteiger partial charge on any atom is -0.382 e. The highest BCUT2D eigenvalue weighted by Gasteiger charge is 2.14. The summed E-state index contributed by atoms with van der Waals surface area (Å²) in [6, 6.07) is 12.0. The van der Waals surface area contributed by atoms with Crippen LogP contribution in [0, 0.1) is 6.92 Å². The molecule has 0 radical (unpaired) electrons. The second-order valence-electron chi connectivity index (χ2n) is 4.55. The molecule has 0 saturated carbocycles.